The molecule has 0 fully saturated rings. The Morgan fingerprint density at radius 3 is 2.00 bits per heavy atom. The number of methoxy groups -OCH3 is 2. The van der Waals surface area contributed by atoms with Gasteiger partial charge in [0.25, 0.3) is 0 Å². The van der Waals surface area contributed by atoms with E-state index < -0.39 is 5.41 Å². The summed E-state index contributed by atoms with van der Waals surface area (Å²) in [5.41, 5.74) is 4.39. The van der Waals surface area contributed by atoms with Crippen molar-refractivity contribution in [1.82, 2.24) is 0 Å². The second-order valence-electron chi connectivity index (χ2n) is 10.7. The summed E-state index contributed by atoms with van der Waals surface area (Å²) < 4.78 is 24.0. The lowest BCUT2D eigenvalue weighted by atomic mass is 9.97. The highest BCUT2D eigenvalue weighted by Crippen LogP contribution is 2.24. The van der Waals surface area contributed by atoms with Crippen LogP contribution in [0.25, 0.3) is 0 Å². The lowest BCUT2D eigenvalue weighted by Gasteiger charge is -2.15. The van der Waals surface area contributed by atoms with Gasteiger partial charge in [-0.1, -0.05) is 45.4 Å². The summed E-state index contributed by atoms with van der Waals surface area (Å²) in [6.45, 7) is 18.2. The molecule has 9 nitrogen and oxygen atoms in total. The van der Waals surface area contributed by atoms with Crippen molar-refractivity contribution in [2.75, 3.05) is 34.4 Å². The quantitative estimate of drug-likeness (QED) is 0.205. The van der Waals surface area contributed by atoms with Crippen LogP contribution in [0.3, 0.4) is 0 Å². The summed E-state index contributed by atoms with van der Waals surface area (Å²) in [5.74, 6) is 0.883. The number of carbonyl (C=O) groups excluding carboxylic acids is 3. The number of aryl methyl sites for hydroxylation is 2. The van der Waals surface area contributed by atoms with Gasteiger partial charge in [0.2, 0.25) is 0 Å². The van der Waals surface area contributed by atoms with Gasteiger partial charge in [-0.2, -0.15) is 0 Å². The van der Waals surface area contributed by atoms with E-state index >= 15 is 0 Å². The van der Waals surface area contributed by atoms with Gasteiger partial charge in [-0.05, 0) is 94.3 Å². The number of hydrogen-bond donors (Lipinski definition) is 1. The number of benzene rings is 2. The van der Waals surface area contributed by atoms with Crippen LogP contribution in [0.2, 0.25) is 0 Å². The molecule has 1 atom stereocenters. The molecule has 0 aliphatic rings. The summed E-state index contributed by atoms with van der Waals surface area (Å²) in [6.07, 6.45) is 3.65. The minimum Gasteiger partial charge on any atom is -0.508 e. The smallest absolute Gasteiger partial charge is 0.313 e. The van der Waals surface area contributed by atoms with E-state index in [9.17, 15) is 14.7 Å². The van der Waals surface area contributed by atoms with Crippen molar-refractivity contribution in [2.24, 2.45) is 11.3 Å². The van der Waals surface area contributed by atoms with Crippen molar-refractivity contribution in [3.63, 3.8) is 0 Å². The Hall–Kier alpha value is -3.43. The summed E-state index contributed by atoms with van der Waals surface area (Å²) >= 11 is 0. The Kier molecular flexibility index (Phi) is 23.3. The zero-order chi connectivity index (χ0) is 33.4. The van der Waals surface area contributed by atoms with Gasteiger partial charge < -0.3 is 33.6 Å². The van der Waals surface area contributed by atoms with Gasteiger partial charge in [-0.25, -0.2) is 0 Å². The number of esters is 2. The van der Waals surface area contributed by atoms with Gasteiger partial charge in [0.15, 0.2) is 13.6 Å². The van der Waals surface area contributed by atoms with Crippen LogP contribution >= 0.6 is 0 Å². The molecule has 0 amide bonds. The minimum absolute atomic E-state index is 0.0184. The first-order valence-electron chi connectivity index (χ1n) is 14.5. The fraction of sp³-hybridized carbons (Fsp3) is 0.559. The Morgan fingerprint density at radius 1 is 0.907 bits per heavy atom. The third-order valence-electron chi connectivity index (χ3n) is 5.94. The molecule has 0 radical (unpaired) electrons. The second-order valence-corrected chi connectivity index (χ2v) is 10.7. The molecule has 2 aromatic carbocycles. The van der Waals surface area contributed by atoms with Crippen molar-refractivity contribution in [2.45, 2.75) is 81.1 Å². The molecule has 0 bridgehead atoms. The van der Waals surface area contributed by atoms with E-state index in [0.29, 0.717) is 12.4 Å². The first-order valence-corrected chi connectivity index (χ1v) is 14.5. The van der Waals surface area contributed by atoms with Gasteiger partial charge in [-0.15, -0.1) is 0 Å². The Morgan fingerprint density at radius 2 is 1.51 bits per heavy atom. The molecule has 0 aliphatic heterocycles. The SMILES string of the molecule is C=O.CCC(C)C(=O)OCOC.CCCc1cc(Cc2ccc(OCC)cc2C)ccc1O.COCOC(=O)C(C)(C)C. The fourth-order valence-electron chi connectivity index (χ4n) is 3.32. The van der Waals surface area contributed by atoms with E-state index in [1.54, 1.807) is 20.8 Å². The summed E-state index contributed by atoms with van der Waals surface area (Å²) in [6, 6.07) is 12.2. The molecule has 9 heteroatoms. The monoisotopic (exact) mass is 606 g/mol. The summed E-state index contributed by atoms with van der Waals surface area (Å²) in [5, 5.41) is 9.87. The topological polar surface area (TPSA) is 118 Å². The number of carbonyl (C=O) groups is 3. The van der Waals surface area contributed by atoms with Gasteiger partial charge in [0.05, 0.1) is 17.9 Å². The van der Waals surface area contributed by atoms with E-state index in [4.69, 9.17) is 14.3 Å². The van der Waals surface area contributed by atoms with E-state index in [-0.39, 0.29) is 31.4 Å². The molecule has 1 unspecified atom stereocenters. The maximum Gasteiger partial charge on any atom is 0.313 e. The minimum atomic E-state index is -0.432. The second kappa shape index (κ2) is 24.1. The molecule has 43 heavy (non-hydrogen) atoms. The maximum atomic E-state index is 10.9. The Bertz CT molecular complexity index is 1040. The van der Waals surface area contributed by atoms with Crippen LogP contribution < -0.4 is 4.74 Å². The van der Waals surface area contributed by atoms with Crippen LogP contribution in [0.15, 0.2) is 36.4 Å². The summed E-state index contributed by atoms with van der Waals surface area (Å²) in [7, 11) is 2.97. The fourth-order valence-corrected chi connectivity index (χ4v) is 3.32. The largest absolute Gasteiger partial charge is 0.508 e. The van der Waals surface area contributed by atoms with E-state index in [2.05, 4.69) is 46.3 Å². The van der Waals surface area contributed by atoms with Crippen LogP contribution in [-0.2, 0) is 46.2 Å². The number of phenols is 1. The van der Waals surface area contributed by atoms with Crippen molar-refractivity contribution >= 4 is 18.7 Å². The van der Waals surface area contributed by atoms with E-state index in [1.807, 2.05) is 45.8 Å². The average molecular weight is 607 g/mol. The van der Waals surface area contributed by atoms with Gasteiger partial charge in [0, 0.05) is 14.2 Å². The number of phenolic OH excluding ortho intramolecular Hbond substituents is 1. The first-order chi connectivity index (χ1) is 20.3. The molecule has 0 aromatic heterocycles. The molecule has 0 saturated carbocycles. The normalized spacial score (nSPS) is 10.8. The van der Waals surface area contributed by atoms with Crippen molar-refractivity contribution in [1.29, 1.82) is 0 Å². The molecular weight excluding hydrogens is 552 g/mol. The lowest BCUT2D eigenvalue weighted by Crippen LogP contribution is -2.23. The highest BCUT2D eigenvalue weighted by Gasteiger charge is 2.22. The van der Waals surface area contributed by atoms with Crippen LogP contribution in [0, 0.1) is 18.3 Å². The Balaban J connectivity index is 0. The number of hydrogen-bond acceptors (Lipinski definition) is 9. The van der Waals surface area contributed by atoms with Gasteiger partial charge in [-0.3, -0.25) is 9.59 Å². The molecule has 0 spiro atoms. The molecule has 244 valence electrons. The zero-order valence-corrected chi connectivity index (χ0v) is 27.9. The predicted octanol–water partition coefficient (Wildman–Crippen LogP) is 6.82. The molecule has 0 saturated heterocycles. The number of aromatic hydroxyl groups is 1. The lowest BCUT2D eigenvalue weighted by molar-refractivity contribution is -0.163. The van der Waals surface area contributed by atoms with Crippen molar-refractivity contribution in [3.05, 3.63) is 58.7 Å². The molecular formula is C34H54O9. The highest BCUT2D eigenvalue weighted by molar-refractivity contribution is 5.75. The summed E-state index contributed by atoms with van der Waals surface area (Å²) in [4.78, 5) is 29.8. The average Bonchev–Trinajstić information content (AvgIpc) is 2.98. The van der Waals surface area contributed by atoms with Crippen LogP contribution in [0.1, 0.15) is 83.6 Å². The number of rotatable bonds is 12. The predicted molar refractivity (Wildman–Crippen MR) is 169 cm³/mol. The van der Waals surface area contributed by atoms with Crippen LogP contribution in [-0.4, -0.2) is 58.2 Å². The van der Waals surface area contributed by atoms with Crippen molar-refractivity contribution in [3.8, 4) is 11.5 Å². The van der Waals surface area contributed by atoms with E-state index in [0.717, 1.165) is 37.0 Å². The standard InChI is InChI=1S/C19H24O2.2C7H14O3.CH2O/c1-4-6-17-13-15(7-10-19(17)20)12-16-8-9-18(21-5-2)11-14(16)3;1-7(2,3)6(8)10-5-9-4;1-4-6(2)7(8)10-5-9-3;1-2/h7-11,13,20H,4-6,12H2,1-3H3;5H2,1-4H3;6H,4-5H2,1-3H3;1H2. The van der Waals surface area contributed by atoms with Crippen LogP contribution in [0.4, 0.5) is 0 Å². The third-order valence-corrected chi connectivity index (χ3v) is 5.94. The van der Waals surface area contributed by atoms with E-state index in [1.165, 1.54) is 30.9 Å². The van der Waals surface area contributed by atoms with Crippen LogP contribution in [0.5, 0.6) is 11.5 Å². The molecule has 0 heterocycles. The Labute approximate surface area is 258 Å². The third kappa shape index (κ3) is 18.7. The highest BCUT2D eigenvalue weighted by atomic mass is 16.7. The molecule has 0 aliphatic carbocycles. The zero-order valence-electron chi connectivity index (χ0n) is 27.9. The molecule has 2 rings (SSSR count). The van der Waals surface area contributed by atoms with Gasteiger partial charge >= 0.3 is 11.9 Å². The molecule has 2 aromatic rings. The molecule has 1 N–H and O–H groups in total. The first kappa shape index (κ1) is 41.7. The van der Waals surface area contributed by atoms with Gasteiger partial charge in [0.1, 0.15) is 18.3 Å². The van der Waals surface area contributed by atoms with Crippen molar-refractivity contribution < 1.29 is 43.2 Å². The number of ether oxygens (including phenoxy) is 5. The maximum absolute atomic E-state index is 10.9.